The molecule has 0 aliphatic carbocycles. The molecule has 0 saturated carbocycles. The highest BCUT2D eigenvalue weighted by Gasteiger charge is 2.44. The van der Waals surface area contributed by atoms with Crippen molar-refractivity contribution in [1.29, 1.82) is 0 Å². The third-order valence-corrected chi connectivity index (χ3v) is 5.95. The maximum atomic E-state index is 11.0. The molecule has 0 bridgehead atoms. The van der Waals surface area contributed by atoms with Crippen LogP contribution in [0, 0.1) is 5.92 Å². The molecule has 1 N–H and O–H groups in total. The van der Waals surface area contributed by atoms with Crippen LogP contribution < -0.4 is 0 Å². The van der Waals surface area contributed by atoms with Crippen molar-refractivity contribution < 1.29 is 24.1 Å². The quantitative estimate of drug-likeness (QED) is 0.486. The van der Waals surface area contributed by atoms with Crippen LogP contribution in [0.4, 0.5) is 0 Å². The first-order chi connectivity index (χ1) is 16.2. The van der Waals surface area contributed by atoms with Crippen molar-refractivity contribution in [2.24, 2.45) is 5.92 Å². The van der Waals surface area contributed by atoms with Gasteiger partial charge in [-0.15, -0.1) is 0 Å². The maximum absolute atomic E-state index is 11.0. The number of hydrogen-bond donors (Lipinski definition) is 1. The fourth-order valence-corrected chi connectivity index (χ4v) is 4.00. The number of benzene rings is 3. The monoisotopic (exact) mass is 448 g/mol. The third-order valence-electron chi connectivity index (χ3n) is 5.95. The molecule has 0 radical (unpaired) electrons. The normalized spacial score (nSPS) is 25.1. The van der Waals surface area contributed by atoms with Gasteiger partial charge in [0.1, 0.15) is 12.2 Å². The summed E-state index contributed by atoms with van der Waals surface area (Å²) in [4.78, 5) is 0. The van der Waals surface area contributed by atoms with Crippen LogP contribution in [0.25, 0.3) is 0 Å². The molecule has 5 nitrogen and oxygen atoms in total. The van der Waals surface area contributed by atoms with Gasteiger partial charge in [-0.3, -0.25) is 0 Å². The number of aliphatic hydroxyl groups is 1. The molecule has 5 heteroatoms. The second-order valence-electron chi connectivity index (χ2n) is 8.45. The van der Waals surface area contributed by atoms with E-state index in [1.807, 2.05) is 97.9 Å². The third kappa shape index (κ3) is 6.73. The van der Waals surface area contributed by atoms with Crippen LogP contribution in [0.1, 0.15) is 23.6 Å². The van der Waals surface area contributed by atoms with Gasteiger partial charge in [0.15, 0.2) is 6.29 Å². The minimum absolute atomic E-state index is 0.187. The largest absolute Gasteiger partial charge is 0.390 e. The fourth-order valence-electron chi connectivity index (χ4n) is 4.00. The Morgan fingerprint density at radius 3 is 1.73 bits per heavy atom. The van der Waals surface area contributed by atoms with Crippen LogP contribution in [-0.4, -0.2) is 36.3 Å². The summed E-state index contributed by atoms with van der Waals surface area (Å²) in [5.41, 5.74) is 3.20. The van der Waals surface area contributed by atoms with Gasteiger partial charge in [0, 0.05) is 5.92 Å². The van der Waals surface area contributed by atoms with Gasteiger partial charge in [-0.25, -0.2) is 0 Å². The topological polar surface area (TPSA) is 57.2 Å². The zero-order valence-corrected chi connectivity index (χ0v) is 19.0. The highest BCUT2D eigenvalue weighted by atomic mass is 16.7. The summed E-state index contributed by atoms with van der Waals surface area (Å²) in [5, 5.41) is 11.0. The molecule has 1 aliphatic rings. The SMILES string of the molecule is C[C@@H]1C(OCc2ccccc2)[C@H](OCc2ccccc2)OC(COCc2ccccc2)[C@@H]1O. The Hall–Kier alpha value is -2.54. The molecule has 5 atom stereocenters. The molecule has 3 aromatic carbocycles. The lowest BCUT2D eigenvalue weighted by Crippen LogP contribution is -2.56. The van der Waals surface area contributed by atoms with Crippen molar-refractivity contribution in [3.05, 3.63) is 108 Å². The summed E-state index contributed by atoms with van der Waals surface area (Å²) < 4.78 is 24.5. The molecule has 0 amide bonds. The molecule has 1 aliphatic heterocycles. The number of hydrogen-bond acceptors (Lipinski definition) is 5. The highest BCUT2D eigenvalue weighted by molar-refractivity contribution is 5.15. The Labute approximate surface area is 195 Å². The lowest BCUT2D eigenvalue weighted by Gasteiger charge is -2.43. The summed E-state index contributed by atoms with van der Waals surface area (Å²) in [6.45, 7) is 3.54. The van der Waals surface area contributed by atoms with Crippen molar-refractivity contribution in [2.75, 3.05) is 6.61 Å². The average Bonchev–Trinajstić information content (AvgIpc) is 2.87. The summed E-state index contributed by atoms with van der Waals surface area (Å²) >= 11 is 0. The van der Waals surface area contributed by atoms with E-state index in [4.69, 9.17) is 18.9 Å². The van der Waals surface area contributed by atoms with Gasteiger partial charge in [0.05, 0.1) is 32.5 Å². The van der Waals surface area contributed by atoms with E-state index in [-0.39, 0.29) is 12.5 Å². The Morgan fingerprint density at radius 2 is 1.18 bits per heavy atom. The van der Waals surface area contributed by atoms with Gasteiger partial charge in [0.2, 0.25) is 0 Å². The first-order valence-electron chi connectivity index (χ1n) is 11.5. The van der Waals surface area contributed by atoms with E-state index in [2.05, 4.69) is 0 Å². The smallest absolute Gasteiger partial charge is 0.185 e. The Morgan fingerprint density at radius 1 is 0.697 bits per heavy atom. The first-order valence-corrected chi connectivity index (χ1v) is 11.5. The van der Waals surface area contributed by atoms with E-state index < -0.39 is 24.6 Å². The van der Waals surface area contributed by atoms with Gasteiger partial charge >= 0.3 is 0 Å². The standard InChI is InChI=1S/C28H32O5/c1-21-26(29)25(20-30-17-22-11-5-2-6-12-22)33-28(32-19-24-15-9-4-10-16-24)27(21)31-18-23-13-7-3-8-14-23/h2-16,21,25-29H,17-20H2,1H3/t21-,25?,26+,27?,28+/m0/s1. The Kier molecular flexibility index (Phi) is 8.64. The second kappa shape index (κ2) is 12.1. The zero-order chi connectivity index (χ0) is 22.9. The molecule has 0 spiro atoms. The van der Waals surface area contributed by atoms with Crippen molar-refractivity contribution in [3.8, 4) is 0 Å². The summed E-state index contributed by atoms with van der Waals surface area (Å²) in [6, 6.07) is 29.9. The van der Waals surface area contributed by atoms with E-state index in [9.17, 15) is 5.11 Å². The molecule has 4 rings (SSSR count). The molecule has 2 unspecified atom stereocenters. The highest BCUT2D eigenvalue weighted by Crippen LogP contribution is 2.30. The van der Waals surface area contributed by atoms with Crippen molar-refractivity contribution in [1.82, 2.24) is 0 Å². The van der Waals surface area contributed by atoms with Crippen LogP contribution >= 0.6 is 0 Å². The maximum Gasteiger partial charge on any atom is 0.185 e. The minimum atomic E-state index is -0.724. The number of aliphatic hydroxyl groups excluding tert-OH is 1. The molecular formula is C28H32O5. The van der Waals surface area contributed by atoms with Gasteiger partial charge in [-0.2, -0.15) is 0 Å². The van der Waals surface area contributed by atoms with Gasteiger partial charge in [-0.05, 0) is 16.7 Å². The lowest BCUT2D eigenvalue weighted by atomic mass is 9.90. The van der Waals surface area contributed by atoms with Crippen LogP contribution in [0.3, 0.4) is 0 Å². The van der Waals surface area contributed by atoms with Crippen LogP contribution in [0.15, 0.2) is 91.0 Å². The fraction of sp³-hybridized carbons (Fsp3) is 0.357. The van der Waals surface area contributed by atoms with Crippen LogP contribution in [0.2, 0.25) is 0 Å². The van der Waals surface area contributed by atoms with Gasteiger partial charge < -0.3 is 24.1 Å². The summed E-state index contributed by atoms with van der Waals surface area (Å²) in [7, 11) is 0. The van der Waals surface area contributed by atoms with E-state index in [0.29, 0.717) is 19.8 Å². The van der Waals surface area contributed by atoms with Gasteiger partial charge in [-0.1, -0.05) is 97.9 Å². The average molecular weight is 449 g/mol. The van der Waals surface area contributed by atoms with Gasteiger partial charge in [0.25, 0.3) is 0 Å². The van der Waals surface area contributed by atoms with E-state index in [1.165, 1.54) is 0 Å². The predicted octanol–water partition coefficient (Wildman–Crippen LogP) is 4.73. The number of rotatable bonds is 10. The Balaban J connectivity index is 1.40. The van der Waals surface area contributed by atoms with E-state index in [1.54, 1.807) is 0 Å². The molecule has 3 aromatic rings. The molecule has 174 valence electrons. The lowest BCUT2D eigenvalue weighted by molar-refractivity contribution is -0.304. The molecule has 1 saturated heterocycles. The molecule has 1 fully saturated rings. The first kappa shape index (κ1) is 23.6. The zero-order valence-electron chi connectivity index (χ0n) is 19.0. The van der Waals surface area contributed by atoms with Crippen molar-refractivity contribution in [2.45, 2.75) is 51.3 Å². The summed E-state index contributed by atoms with van der Waals surface area (Å²) in [5.74, 6) is -0.187. The summed E-state index contributed by atoms with van der Waals surface area (Å²) in [6.07, 6.45) is -2.24. The van der Waals surface area contributed by atoms with E-state index in [0.717, 1.165) is 16.7 Å². The molecule has 1 heterocycles. The van der Waals surface area contributed by atoms with Crippen LogP contribution in [0.5, 0.6) is 0 Å². The number of ether oxygens (including phenoxy) is 4. The second-order valence-corrected chi connectivity index (χ2v) is 8.45. The van der Waals surface area contributed by atoms with Crippen LogP contribution in [-0.2, 0) is 38.8 Å². The van der Waals surface area contributed by atoms with Crippen molar-refractivity contribution in [3.63, 3.8) is 0 Å². The predicted molar refractivity (Wildman–Crippen MR) is 126 cm³/mol. The minimum Gasteiger partial charge on any atom is -0.390 e. The molecular weight excluding hydrogens is 416 g/mol. The molecule has 33 heavy (non-hydrogen) atoms. The van der Waals surface area contributed by atoms with Crippen molar-refractivity contribution >= 4 is 0 Å². The molecule has 0 aromatic heterocycles. The van der Waals surface area contributed by atoms with E-state index >= 15 is 0 Å². The Bertz CT molecular complexity index is 932.